The van der Waals surface area contributed by atoms with Crippen LogP contribution in [0.3, 0.4) is 0 Å². The Kier molecular flexibility index (Phi) is 6.16. The van der Waals surface area contributed by atoms with Crippen molar-refractivity contribution in [1.29, 1.82) is 0 Å². The average molecular weight is 353 g/mol. The summed E-state index contributed by atoms with van der Waals surface area (Å²) < 4.78 is 50.8. The van der Waals surface area contributed by atoms with Crippen LogP contribution in [0, 0.1) is 12.7 Å². The quantitative estimate of drug-likeness (QED) is 0.741. The van der Waals surface area contributed by atoms with E-state index in [-0.39, 0.29) is 18.0 Å². The average Bonchev–Trinajstić information content (AvgIpc) is 2.52. The molecule has 0 aromatic heterocycles. The van der Waals surface area contributed by atoms with E-state index in [9.17, 15) is 12.8 Å². The van der Waals surface area contributed by atoms with Crippen LogP contribution in [-0.2, 0) is 10.0 Å². The number of hydrogen-bond acceptors (Lipinski definition) is 4. The fraction of sp³-hybridized carbons (Fsp3) is 0.294. The minimum Gasteiger partial charge on any atom is -0.494 e. The maximum Gasteiger partial charge on any atom is 0.240 e. The Morgan fingerprint density at radius 2 is 1.79 bits per heavy atom. The van der Waals surface area contributed by atoms with Crippen molar-refractivity contribution in [3.05, 3.63) is 53.8 Å². The largest absolute Gasteiger partial charge is 0.494 e. The molecule has 0 aliphatic heterocycles. The molecule has 0 aliphatic rings. The first-order valence-electron chi connectivity index (χ1n) is 7.54. The van der Waals surface area contributed by atoms with Gasteiger partial charge in [-0.3, -0.25) is 0 Å². The number of rotatable bonds is 8. The molecule has 0 fully saturated rings. The zero-order valence-electron chi connectivity index (χ0n) is 13.6. The van der Waals surface area contributed by atoms with Crippen LogP contribution >= 0.6 is 0 Å². The van der Waals surface area contributed by atoms with Gasteiger partial charge in [0.25, 0.3) is 0 Å². The Morgan fingerprint density at radius 1 is 1.08 bits per heavy atom. The molecular formula is C17H20FNO4S. The Morgan fingerprint density at radius 3 is 2.46 bits per heavy atom. The molecule has 0 heterocycles. The molecule has 0 unspecified atom stereocenters. The van der Waals surface area contributed by atoms with Crippen molar-refractivity contribution in [1.82, 2.24) is 4.72 Å². The van der Waals surface area contributed by atoms with Gasteiger partial charge in [-0.1, -0.05) is 6.07 Å². The maximum atomic E-state index is 13.1. The van der Waals surface area contributed by atoms with Crippen LogP contribution in [0.25, 0.3) is 0 Å². The van der Waals surface area contributed by atoms with Crippen molar-refractivity contribution in [2.75, 3.05) is 19.8 Å². The van der Waals surface area contributed by atoms with Crippen molar-refractivity contribution < 1.29 is 22.3 Å². The molecule has 130 valence electrons. The number of ether oxygens (including phenoxy) is 2. The summed E-state index contributed by atoms with van der Waals surface area (Å²) in [6.45, 7) is 4.25. The van der Waals surface area contributed by atoms with Crippen molar-refractivity contribution in [2.45, 2.75) is 18.7 Å². The molecule has 1 N–H and O–H groups in total. The molecule has 7 heteroatoms. The van der Waals surface area contributed by atoms with Gasteiger partial charge in [0.15, 0.2) is 0 Å². The summed E-state index contributed by atoms with van der Waals surface area (Å²) in [5.74, 6) is 0.819. The highest BCUT2D eigenvalue weighted by Crippen LogP contribution is 2.19. The van der Waals surface area contributed by atoms with Crippen molar-refractivity contribution in [3.8, 4) is 11.5 Å². The number of hydrogen-bond donors (Lipinski definition) is 1. The third-order valence-electron chi connectivity index (χ3n) is 3.21. The van der Waals surface area contributed by atoms with Crippen LogP contribution in [0.5, 0.6) is 11.5 Å². The predicted octanol–water partition coefficient (Wildman–Crippen LogP) is 2.89. The monoisotopic (exact) mass is 353 g/mol. The predicted molar refractivity (Wildman–Crippen MR) is 89.4 cm³/mol. The number of aryl methyl sites for hydroxylation is 1. The van der Waals surface area contributed by atoms with Crippen LogP contribution in [0.15, 0.2) is 47.4 Å². The molecular weight excluding hydrogens is 333 g/mol. The highest BCUT2D eigenvalue weighted by Gasteiger charge is 2.16. The van der Waals surface area contributed by atoms with Crippen molar-refractivity contribution >= 4 is 10.0 Å². The Balaban J connectivity index is 1.90. The van der Waals surface area contributed by atoms with E-state index in [4.69, 9.17) is 9.47 Å². The van der Waals surface area contributed by atoms with E-state index in [1.54, 1.807) is 25.1 Å². The first kappa shape index (κ1) is 18.2. The molecule has 0 radical (unpaired) electrons. The summed E-state index contributed by atoms with van der Waals surface area (Å²) in [5.41, 5.74) is 0.354. The van der Waals surface area contributed by atoms with Gasteiger partial charge in [-0.05, 0) is 49.7 Å². The van der Waals surface area contributed by atoms with Gasteiger partial charge in [0, 0.05) is 12.6 Å². The fourth-order valence-electron chi connectivity index (χ4n) is 2.16. The molecule has 0 amide bonds. The molecule has 2 rings (SSSR count). The number of halogens is 1. The summed E-state index contributed by atoms with van der Waals surface area (Å²) in [7, 11) is -3.70. The topological polar surface area (TPSA) is 64.6 Å². The van der Waals surface area contributed by atoms with Crippen LogP contribution in [0.1, 0.15) is 12.5 Å². The number of nitrogens with one attached hydrogen (secondary N) is 1. The molecule has 0 atom stereocenters. The van der Waals surface area contributed by atoms with Crippen LogP contribution < -0.4 is 14.2 Å². The van der Waals surface area contributed by atoms with E-state index in [1.165, 1.54) is 12.1 Å². The number of benzene rings is 2. The molecule has 2 aromatic carbocycles. The van der Waals surface area contributed by atoms with Gasteiger partial charge in [-0.15, -0.1) is 0 Å². The van der Waals surface area contributed by atoms with E-state index in [1.807, 2.05) is 13.0 Å². The second kappa shape index (κ2) is 8.12. The summed E-state index contributed by atoms with van der Waals surface area (Å²) in [5, 5.41) is 0. The molecule has 0 aliphatic carbocycles. The van der Waals surface area contributed by atoms with Crippen LogP contribution in [0.2, 0.25) is 0 Å². The third-order valence-corrected chi connectivity index (χ3v) is 4.83. The molecule has 5 nitrogen and oxygen atoms in total. The van der Waals surface area contributed by atoms with Gasteiger partial charge in [0.1, 0.15) is 23.9 Å². The minimum absolute atomic E-state index is 0.0576. The zero-order valence-corrected chi connectivity index (χ0v) is 14.4. The summed E-state index contributed by atoms with van der Waals surface area (Å²) >= 11 is 0. The van der Waals surface area contributed by atoms with Crippen molar-refractivity contribution in [3.63, 3.8) is 0 Å². The summed E-state index contributed by atoms with van der Waals surface area (Å²) in [4.78, 5) is 0.0576. The van der Waals surface area contributed by atoms with Gasteiger partial charge in [0.2, 0.25) is 10.0 Å². The molecule has 0 saturated carbocycles. The molecule has 24 heavy (non-hydrogen) atoms. The lowest BCUT2D eigenvalue weighted by molar-refractivity contribution is 0.313. The first-order chi connectivity index (χ1) is 11.4. The van der Waals surface area contributed by atoms with Gasteiger partial charge >= 0.3 is 0 Å². The smallest absolute Gasteiger partial charge is 0.240 e. The van der Waals surface area contributed by atoms with E-state index in [2.05, 4.69) is 4.72 Å². The Bertz CT molecular complexity index is 793. The van der Waals surface area contributed by atoms with Crippen molar-refractivity contribution in [2.24, 2.45) is 0 Å². The van der Waals surface area contributed by atoms with Crippen LogP contribution in [0.4, 0.5) is 4.39 Å². The lowest BCUT2D eigenvalue weighted by Gasteiger charge is -2.11. The summed E-state index contributed by atoms with van der Waals surface area (Å²) in [6, 6.07) is 10.7. The number of sulfonamides is 1. The SMILES string of the molecule is CCOc1cccc(OCCNS(=O)(=O)c2ccc(F)cc2C)c1. The van der Waals surface area contributed by atoms with E-state index >= 15 is 0 Å². The summed E-state index contributed by atoms with van der Waals surface area (Å²) in [6.07, 6.45) is 0. The minimum atomic E-state index is -3.70. The molecule has 0 spiro atoms. The van der Waals surface area contributed by atoms with E-state index < -0.39 is 15.8 Å². The van der Waals surface area contributed by atoms with E-state index in [0.29, 0.717) is 23.7 Å². The maximum absolute atomic E-state index is 13.1. The standard InChI is InChI=1S/C17H20FNO4S/c1-3-22-15-5-4-6-16(12-15)23-10-9-19-24(20,21)17-8-7-14(18)11-13(17)2/h4-8,11-12,19H,3,9-10H2,1-2H3. The van der Waals surface area contributed by atoms with Gasteiger partial charge in [-0.25, -0.2) is 17.5 Å². The molecule has 2 aromatic rings. The van der Waals surface area contributed by atoms with E-state index in [0.717, 1.165) is 6.07 Å². The first-order valence-corrected chi connectivity index (χ1v) is 9.02. The second-order valence-electron chi connectivity index (χ2n) is 5.06. The van der Waals surface area contributed by atoms with Crippen LogP contribution in [-0.4, -0.2) is 28.2 Å². The normalized spacial score (nSPS) is 11.3. The van der Waals surface area contributed by atoms with Gasteiger partial charge < -0.3 is 9.47 Å². The Hall–Kier alpha value is -2.12. The lowest BCUT2D eigenvalue weighted by atomic mass is 10.2. The third kappa shape index (κ3) is 4.94. The second-order valence-corrected chi connectivity index (χ2v) is 6.80. The fourth-order valence-corrected chi connectivity index (χ4v) is 3.40. The van der Waals surface area contributed by atoms with Gasteiger partial charge in [0.05, 0.1) is 11.5 Å². The zero-order chi connectivity index (χ0) is 17.6. The Labute approximate surface area is 141 Å². The molecule has 0 saturated heterocycles. The highest BCUT2D eigenvalue weighted by atomic mass is 32.2. The van der Waals surface area contributed by atoms with Gasteiger partial charge in [-0.2, -0.15) is 0 Å². The molecule has 0 bridgehead atoms. The highest BCUT2D eigenvalue weighted by molar-refractivity contribution is 7.89. The lowest BCUT2D eigenvalue weighted by Crippen LogP contribution is -2.28.